The van der Waals surface area contributed by atoms with Gasteiger partial charge in [0, 0.05) is 25.4 Å². The molecule has 0 bridgehead atoms. The lowest BCUT2D eigenvalue weighted by atomic mass is 9.71. The predicted molar refractivity (Wildman–Crippen MR) is 72.7 cm³/mol. The molecule has 0 aromatic rings. The molecule has 0 aromatic carbocycles. The van der Waals surface area contributed by atoms with Crippen LogP contribution in [-0.4, -0.2) is 35.0 Å². The number of carboxylic acid groups (broad SMARTS) is 1. The van der Waals surface area contributed by atoms with E-state index in [-0.39, 0.29) is 23.7 Å². The Labute approximate surface area is 114 Å². The van der Waals surface area contributed by atoms with Gasteiger partial charge in [0.1, 0.15) is 0 Å². The number of aliphatic carboxylic acids is 1. The van der Waals surface area contributed by atoms with E-state index in [1.807, 2.05) is 11.0 Å². The van der Waals surface area contributed by atoms with Crippen LogP contribution in [-0.2, 0) is 9.59 Å². The number of carbonyl (C=O) groups excluding carboxylic acids is 1. The van der Waals surface area contributed by atoms with Crippen LogP contribution < -0.4 is 0 Å². The van der Waals surface area contributed by atoms with Gasteiger partial charge in [-0.15, -0.1) is 6.58 Å². The molecule has 2 fully saturated rings. The van der Waals surface area contributed by atoms with Gasteiger partial charge in [-0.25, -0.2) is 0 Å². The molecule has 0 radical (unpaired) electrons. The molecule has 1 saturated heterocycles. The van der Waals surface area contributed by atoms with E-state index in [9.17, 15) is 9.59 Å². The van der Waals surface area contributed by atoms with Crippen LogP contribution in [0.25, 0.3) is 0 Å². The number of amides is 1. The molecule has 2 aliphatic rings. The second-order valence-electron chi connectivity index (χ2n) is 6.11. The lowest BCUT2D eigenvalue weighted by molar-refractivity contribution is -0.142. The maximum atomic E-state index is 12.0. The molecule has 1 aliphatic carbocycles. The number of likely N-dealkylation sites (tertiary alicyclic amines) is 1. The summed E-state index contributed by atoms with van der Waals surface area (Å²) in [5, 5.41) is 9.15. The van der Waals surface area contributed by atoms with Crippen molar-refractivity contribution < 1.29 is 14.7 Å². The largest absolute Gasteiger partial charge is 0.481 e. The van der Waals surface area contributed by atoms with Crippen LogP contribution in [0.2, 0.25) is 0 Å². The Balaban J connectivity index is 2.05. The summed E-state index contributed by atoms with van der Waals surface area (Å²) < 4.78 is 0. The quantitative estimate of drug-likeness (QED) is 0.777. The summed E-state index contributed by atoms with van der Waals surface area (Å²) in [6, 6.07) is 0. The summed E-state index contributed by atoms with van der Waals surface area (Å²) in [6.07, 6.45) is 7.78. The lowest BCUT2D eigenvalue weighted by Gasteiger charge is -2.39. The summed E-state index contributed by atoms with van der Waals surface area (Å²) in [7, 11) is 0. The van der Waals surface area contributed by atoms with Gasteiger partial charge in [0.05, 0.1) is 6.42 Å². The minimum atomic E-state index is -0.742. The molecule has 4 nitrogen and oxygen atoms in total. The second kappa shape index (κ2) is 5.76. The fraction of sp³-hybridized carbons (Fsp3) is 0.733. The van der Waals surface area contributed by atoms with Gasteiger partial charge in [-0.3, -0.25) is 9.59 Å². The van der Waals surface area contributed by atoms with E-state index in [2.05, 4.69) is 6.58 Å². The van der Waals surface area contributed by atoms with E-state index in [1.165, 1.54) is 6.42 Å². The first kappa shape index (κ1) is 14.1. The van der Waals surface area contributed by atoms with E-state index in [4.69, 9.17) is 5.11 Å². The predicted octanol–water partition coefficient (Wildman–Crippen LogP) is 2.45. The molecular formula is C15H23NO3. The van der Waals surface area contributed by atoms with Crippen LogP contribution in [0.3, 0.4) is 0 Å². The van der Waals surface area contributed by atoms with Crippen molar-refractivity contribution in [2.24, 2.45) is 11.3 Å². The Bertz CT molecular complexity index is 372. The molecule has 19 heavy (non-hydrogen) atoms. The van der Waals surface area contributed by atoms with E-state index in [0.29, 0.717) is 19.5 Å². The maximum Gasteiger partial charge on any atom is 0.303 e. The van der Waals surface area contributed by atoms with Gasteiger partial charge in [0.25, 0.3) is 0 Å². The standard InChI is InChI=1S/C15H23NO3/c1-2-12-8-13(17)16(10-12)11-15(9-14(18)19)6-4-3-5-7-15/h2,12H,1,3-11H2,(H,18,19). The smallest absolute Gasteiger partial charge is 0.303 e. The van der Waals surface area contributed by atoms with Crippen LogP contribution in [0.4, 0.5) is 0 Å². The first-order valence-electron chi connectivity index (χ1n) is 7.17. The molecule has 1 saturated carbocycles. The van der Waals surface area contributed by atoms with Gasteiger partial charge in [0.2, 0.25) is 5.91 Å². The number of hydrogen-bond acceptors (Lipinski definition) is 2. The van der Waals surface area contributed by atoms with Crippen molar-refractivity contribution in [2.75, 3.05) is 13.1 Å². The molecule has 2 rings (SSSR count). The van der Waals surface area contributed by atoms with Crippen LogP contribution in [0.15, 0.2) is 12.7 Å². The van der Waals surface area contributed by atoms with Crippen molar-refractivity contribution in [1.29, 1.82) is 0 Å². The number of hydrogen-bond donors (Lipinski definition) is 1. The van der Waals surface area contributed by atoms with Gasteiger partial charge in [-0.1, -0.05) is 25.3 Å². The van der Waals surface area contributed by atoms with Gasteiger partial charge in [-0.2, -0.15) is 0 Å². The molecule has 1 aliphatic heterocycles. The summed E-state index contributed by atoms with van der Waals surface area (Å²) >= 11 is 0. The monoisotopic (exact) mass is 265 g/mol. The zero-order valence-electron chi connectivity index (χ0n) is 11.4. The average molecular weight is 265 g/mol. The summed E-state index contributed by atoms with van der Waals surface area (Å²) in [5.74, 6) is -0.355. The topological polar surface area (TPSA) is 57.6 Å². The molecule has 1 N–H and O–H groups in total. The zero-order valence-corrected chi connectivity index (χ0v) is 11.4. The molecular weight excluding hydrogens is 242 g/mol. The summed E-state index contributed by atoms with van der Waals surface area (Å²) in [4.78, 5) is 25.0. The average Bonchev–Trinajstić information content (AvgIpc) is 2.70. The van der Waals surface area contributed by atoms with Crippen LogP contribution in [0, 0.1) is 11.3 Å². The van der Waals surface area contributed by atoms with Crippen LogP contribution in [0.5, 0.6) is 0 Å². The molecule has 1 atom stereocenters. The van der Waals surface area contributed by atoms with Crippen molar-refractivity contribution in [2.45, 2.75) is 44.9 Å². The van der Waals surface area contributed by atoms with Gasteiger partial charge < -0.3 is 10.0 Å². The Hall–Kier alpha value is -1.32. The molecule has 0 spiro atoms. The van der Waals surface area contributed by atoms with E-state index >= 15 is 0 Å². The highest BCUT2D eigenvalue weighted by atomic mass is 16.4. The highest BCUT2D eigenvalue weighted by Crippen LogP contribution is 2.41. The van der Waals surface area contributed by atoms with Crippen molar-refractivity contribution in [3.63, 3.8) is 0 Å². The van der Waals surface area contributed by atoms with Gasteiger partial charge >= 0.3 is 5.97 Å². The number of rotatable bonds is 5. The van der Waals surface area contributed by atoms with Crippen molar-refractivity contribution in [3.8, 4) is 0 Å². The first-order valence-corrected chi connectivity index (χ1v) is 7.17. The Morgan fingerprint density at radius 2 is 2.11 bits per heavy atom. The summed E-state index contributed by atoms with van der Waals surface area (Å²) in [6.45, 7) is 5.08. The van der Waals surface area contributed by atoms with Crippen molar-refractivity contribution in [1.82, 2.24) is 4.90 Å². The Kier molecular flexibility index (Phi) is 4.27. The molecule has 1 heterocycles. The number of carbonyl (C=O) groups is 2. The fourth-order valence-electron chi connectivity index (χ4n) is 3.53. The van der Waals surface area contributed by atoms with E-state index in [0.717, 1.165) is 25.7 Å². The molecule has 0 aromatic heterocycles. The zero-order chi connectivity index (χ0) is 13.9. The van der Waals surface area contributed by atoms with Crippen LogP contribution in [0.1, 0.15) is 44.9 Å². The number of carboxylic acids is 1. The molecule has 1 unspecified atom stereocenters. The minimum absolute atomic E-state index is 0.153. The third-order valence-corrected chi connectivity index (χ3v) is 4.54. The molecule has 106 valence electrons. The normalized spacial score (nSPS) is 26.4. The van der Waals surface area contributed by atoms with Gasteiger partial charge in [0.15, 0.2) is 0 Å². The van der Waals surface area contributed by atoms with Crippen molar-refractivity contribution >= 4 is 11.9 Å². The fourth-order valence-corrected chi connectivity index (χ4v) is 3.53. The maximum absolute atomic E-state index is 12.0. The number of nitrogens with zero attached hydrogens (tertiary/aromatic N) is 1. The lowest BCUT2D eigenvalue weighted by Crippen LogP contribution is -2.41. The Morgan fingerprint density at radius 3 is 2.63 bits per heavy atom. The van der Waals surface area contributed by atoms with E-state index < -0.39 is 5.97 Å². The second-order valence-corrected chi connectivity index (χ2v) is 6.11. The minimum Gasteiger partial charge on any atom is -0.481 e. The Morgan fingerprint density at radius 1 is 1.42 bits per heavy atom. The first-order chi connectivity index (χ1) is 9.04. The highest BCUT2D eigenvalue weighted by molar-refractivity contribution is 5.79. The third kappa shape index (κ3) is 3.37. The molecule has 4 heteroatoms. The van der Waals surface area contributed by atoms with Crippen LogP contribution >= 0.6 is 0 Å². The SMILES string of the molecule is C=CC1CC(=O)N(CC2(CC(=O)O)CCCCC2)C1. The molecule has 1 amide bonds. The van der Waals surface area contributed by atoms with Gasteiger partial charge in [-0.05, 0) is 18.3 Å². The summed E-state index contributed by atoms with van der Waals surface area (Å²) in [5.41, 5.74) is -0.199. The third-order valence-electron chi connectivity index (χ3n) is 4.54. The van der Waals surface area contributed by atoms with E-state index in [1.54, 1.807) is 0 Å². The van der Waals surface area contributed by atoms with Crippen molar-refractivity contribution in [3.05, 3.63) is 12.7 Å². The highest BCUT2D eigenvalue weighted by Gasteiger charge is 2.39.